The summed E-state index contributed by atoms with van der Waals surface area (Å²) in [5, 5.41) is 1.67. The Balaban J connectivity index is 2.40. The Morgan fingerprint density at radius 2 is 2.08 bits per heavy atom. The third-order valence-corrected chi connectivity index (χ3v) is 7.30. The monoisotopic (exact) mass is 180 g/mol. The van der Waals surface area contributed by atoms with Gasteiger partial charge in [-0.05, 0) is 6.92 Å². The highest BCUT2D eigenvalue weighted by molar-refractivity contribution is 6.90. The smallest absolute Gasteiger partial charge is 0.0904 e. The second-order valence-electron chi connectivity index (χ2n) is 4.08. The van der Waals surface area contributed by atoms with Crippen LogP contribution >= 0.6 is 0 Å². The normalized spacial score (nSPS) is 27.8. The van der Waals surface area contributed by atoms with Crippen LogP contribution in [0.5, 0.6) is 0 Å². The summed E-state index contributed by atoms with van der Waals surface area (Å²) in [5.41, 5.74) is 2.48. The molecule has 0 spiro atoms. The maximum atomic E-state index is 2.48. The topological polar surface area (TPSA) is 0 Å². The molecule has 1 aliphatic rings. The Kier molecular flexibility index (Phi) is 3.33. The predicted octanol–water partition coefficient (Wildman–Crippen LogP) is 3.85. The highest BCUT2D eigenvalue weighted by atomic mass is 28.3. The SMILES string of the molecule is CCCCC[Si]1(C)C=CC=C1C. The summed E-state index contributed by atoms with van der Waals surface area (Å²) in [6.07, 6.45) is 8.74. The first kappa shape index (κ1) is 9.78. The summed E-state index contributed by atoms with van der Waals surface area (Å²) in [6.45, 7) is 7.06. The molecule has 1 heterocycles. The Bertz CT molecular complexity index is 203. The molecule has 1 heteroatoms. The molecule has 0 fully saturated rings. The van der Waals surface area contributed by atoms with E-state index in [0.29, 0.717) is 0 Å². The molecule has 0 radical (unpaired) electrons. The van der Waals surface area contributed by atoms with Crippen molar-refractivity contribution in [1.29, 1.82) is 0 Å². The molecule has 0 N–H and O–H groups in total. The van der Waals surface area contributed by atoms with E-state index in [1.54, 1.807) is 5.20 Å². The lowest BCUT2D eigenvalue weighted by molar-refractivity contribution is 0.764. The van der Waals surface area contributed by atoms with Crippen molar-refractivity contribution >= 4 is 8.07 Å². The average Bonchev–Trinajstić information content (AvgIpc) is 2.34. The zero-order chi connectivity index (χ0) is 9.03. The molecule has 0 aromatic carbocycles. The van der Waals surface area contributed by atoms with Gasteiger partial charge in [-0.1, -0.05) is 61.8 Å². The van der Waals surface area contributed by atoms with E-state index in [2.05, 4.69) is 38.2 Å². The maximum absolute atomic E-state index is 2.48. The quantitative estimate of drug-likeness (QED) is 0.455. The zero-order valence-electron chi connectivity index (χ0n) is 8.56. The van der Waals surface area contributed by atoms with Gasteiger partial charge < -0.3 is 0 Å². The van der Waals surface area contributed by atoms with Gasteiger partial charge in [0, 0.05) is 0 Å². The molecule has 68 valence electrons. The summed E-state index contributed by atoms with van der Waals surface area (Å²) in [5.74, 6) is 0. The molecule has 0 saturated heterocycles. The van der Waals surface area contributed by atoms with Crippen LogP contribution in [0.15, 0.2) is 23.0 Å². The van der Waals surface area contributed by atoms with Crippen molar-refractivity contribution in [2.75, 3.05) is 0 Å². The van der Waals surface area contributed by atoms with E-state index in [0.717, 1.165) is 0 Å². The predicted molar refractivity (Wildman–Crippen MR) is 58.8 cm³/mol. The second-order valence-corrected chi connectivity index (χ2v) is 8.54. The standard InChI is InChI=1S/C11H20Si/c1-4-5-6-9-12(3)10-7-8-11(12)2/h7-8,10H,4-6,9H2,1-3H3. The molecule has 1 atom stereocenters. The van der Waals surface area contributed by atoms with Crippen molar-refractivity contribution in [3.05, 3.63) is 23.0 Å². The highest BCUT2D eigenvalue weighted by Gasteiger charge is 2.27. The summed E-state index contributed by atoms with van der Waals surface area (Å²) in [4.78, 5) is 0. The van der Waals surface area contributed by atoms with Gasteiger partial charge in [0.2, 0.25) is 0 Å². The third-order valence-electron chi connectivity index (χ3n) is 3.01. The first-order chi connectivity index (χ1) is 5.69. The number of hydrogen-bond donors (Lipinski definition) is 0. The third kappa shape index (κ3) is 2.10. The number of hydrogen-bond acceptors (Lipinski definition) is 0. The van der Waals surface area contributed by atoms with Gasteiger partial charge in [0.1, 0.15) is 8.07 Å². The van der Waals surface area contributed by atoms with Gasteiger partial charge >= 0.3 is 0 Å². The van der Waals surface area contributed by atoms with Crippen molar-refractivity contribution < 1.29 is 0 Å². The van der Waals surface area contributed by atoms with Crippen LogP contribution in [-0.2, 0) is 0 Å². The molecule has 0 saturated carbocycles. The molecule has 1 aliphatic heterocycles. The minimum absolute atomic E-state index is 1.05. The lowest BCUT2D eigenvalue weighted by Gasteiger charge is -2.21. The number of allylic oxidation sites excluding steroid dienone is 3. The lowest BCUT2D eigenvalue weighted by atomic mass is 10.3. The van der Waals surface area contributed by atoms with Crippen LogP contribution < -0.4 is 0 Å². The van der Waals surface area contributed by atoms with Crippen molar-refractivity contribution in [3.63, 3.8) is 0 Å². The minimum Gasteiger partial charge on any atom is -0.0904 e. The van der Waals surface area contributed by atoms with Crippen LogP contribution in [0, 0.1) is 0 Å². The van der Waals surface area contributed by atoms with Gasteiger partial charge in [-0.15, -0.1) is 0 Å². The average molecular weight is 180 g/mol. The number of unbranched alkanes of at least 4 members (excludes halogenated alkanes) is 2. The van der Waals surface area contributed by atoms with E-state index in [1.807, 2.05) is 0 Å². The Morgan fingerprint density at radius 1 is 1.33 bits per heavy atom. The summed E-state index contributed by atoms with van der Waals surface area (Å²) in [6, 6.07) is 1.46. The van der Waals surface area contributed by atoms with Crippen LogP contribution in [0.25, 0.3) is 0 Å². The molecule has 0 nitrogen and oxygen atoms in total. The van der Waals surface area contributed by atoms with E-state index in [9.17, 15) is 0 Å². The summed E-state index contributed by atoms with van der Waals surface area (Å²) >= 11 is 0. The molecule has 0 aromatic heterocycles. The highest BCUT2D eigenvalue weighted by Crippen LogP contribution is 2.27. The van der Waals surface area contributed by atoms with Crippen LogP contribution in [0.1, 0.15) is 33.1 Å². The largest absolute Gasteiger partial charge is 0.102 e. The van der Waals surface area contributed by atoms with Crippen molar-refractivity contribution in [2.45, 2.75) is 45.7 Å². The van der Waals surface area contributed by atoms with Crippen molar-refractivity contribution in [1.82, 2.24) is 0 Å². The van der Waals surface area contributed by atoms with Gasteiger partial charge in [-0.2, -0.15) is 0 Å². The molecule has 1 unspecified atom stereocenters. The van der Waals surface area contributed by atoms with Gasteiger partial charge in [0.25, 0.3) is 0 Å². The Hall–Kier alpha value is -0.303. The fourth-order valence-electron chi connectivity index (χ4n) is 1.75. The lowest BCUT2D eigenvalue weighted by Crippen LogP contribution is -2.27. The minimum atomic E-state index is -1.05. The van der Waals surface area contributed by atoms with Crippen LogP contribution in [-0.4, -0.2) is 8.07 Å². The number of rotatable bonds is 4. The molecule has 12 heavy (non-hydrogen) atoms. The van der Waals surface area contributed by atoms with E-state index in [1.165, 1.54) is 25.3 Å². The molecule has 1 rings (SSSR count). The Labute approximate surface area is 77.4 Å². The molecule has 0 amide bonds. The second kappa shape index (κ2) is 4.08. The van der Waals surface area contributed by atoms with E-state index >= 15 is 0 Å². The Morgan fingerprint density at radius 3 is 2.58 bits per heavy atom. The first-order valence-electron chi connectivity index (χ1n) is 5.05. The van der Waals surface area contributed by atoms with Gasteiger partial charge in [0.15, 0.2) is 0 Å². The molecule has 0 aliphatic carbocycles. The van der Waals surface area contributed by atoms with Crippen molar-refractivity contribution in [2.24, 2.45) is 0 Å². The molecular formula is C11H20Si. The fraction of sp³-hybridized carbons (Fsp3) is 0.636. The summed E-state index contributed by atoms with van der Waals surface area (Å²) < 4.78 is 0. The molecular weight excluding hydrogens is 160 g/mol. The molecule has 0 aromatic rings. The van der Waals surface area contributed by atoms with Gasteiger partial charge in [-0.25, -0.2) is 0 Å². The van der Waals surface area contributed by atoms with Crippen LogP contribution in [0.2, 0.25) is 12.6 Å². The van der Waals surface area contributed by atoms with E-state index in [-0.39, 0.29) is 0 Å². The molecule has 0 bridgehead atoms. The van der Waals surface area contributed by atoms with Crippen LogP contribution in [0.3, 0.4) is 0 Å². The van der Waals surface area contributed by atoms with Crippen LogP contribution in [0.4, 0.5) is 0 Å². The van der Waals surface area contributed by atoms with Gasteiger partial charge in [0.05, 0.1) is 0 Å². The van der Waals surface area contributed by atoms with E-state index < -0.39 is 8.07 Å². The van der Waals surface area contributed by atoms with Crippen molar-refractivity contribution in [3.8, 4) is 0 Å². The maximum Gasteiger partial charge on any atom is 0.102 e. The summed E-state index contributed by atoms with van der Waals surface area (Å²) in [7, 11) is -1.05. The fourth-order valence-corrected chi connectivity index (χ4v) is 4.56. The zero-order valence-corrected chi connectivity index (χ0v) is 9.56. The first-order valence-corrected chi connectivity index (χ1v) is 7.84. The van der Waals surface area contributed by atoms with E-state index in [4.69, 9.17) is 0 Å². The van der Waals surface area contributed by atoms with Gasteiger partial charge in [-0.3, -0.25) is 0 Å².